The van der Waals surface area contributed by atoms with Crippen LogP contribution in [0.5, 0.6) is 0 Å². The number of hydrogen-bond acceptors (Lipinski definition) is 3. The van der Waals surface area contributed by atoms with Gasteiger partial charge in [-0.05, 0) is 35.1 Å². The molecular weight excluding hydrogens is 342 g/mol. The molecule has 0 aromatic heterocycles. The van der Waals surface area contributed by atoms with Gasteiger partial charge in [-0.15, -0.1) is 0 Å². The van der Waals surface area contributed by atoms with E-state index in [0.29, 0.717) is 12.8 Å². The standard InChI is InChI=1S/C22H23NO4/c24-20(25)22(11-5-6-12-22)14-23-21(26)27-13-19-17-9-3-1-7-15(17)16-8-2-4-10-18(16)19/h1-4,7-10,19H,5-6,11-14H2,(H,23,26)(H,24,25). The zero-order valence-electron chi connectivity index (χ0n) is 15.1. The fourth-order valence-electron chi connectivity index (χ4n) is 4.41. The maximum absolute atomic E-state index is 12.2. The summed E-state index contributed by atoms with van der Waals surface area (Å²) in [6.07, 6.45) is 2.43. The van der Waals surface area contributed by atoms with Gasteiger partial charge in [0.05, 0.1) is 5.41 Å². The van der Waals surface area contributed by atoms with Gasteiger partial charge in [0.1, 0.15) is 6.61 Å². The molecule has 2 aliphatic carbocycles. The minimum atomic E-state index is -0.842. The van der Waals surface area contributed by atoms with Gasteiger partial charge in [-0.25, -0.2) is 4.79 Å². The van der Waals surface area contributed by atoms with E-state index in [1.54, 1.807) is 0 Å². The normalized spacial score (nSPS) is 17.2. The summed E-state index contributed by atoms with van der Waals surface area (Å²) in [4.78, 5) is 23.8. The summed E-state index contributed by atoms with van der Waals surface area (Å²) in [5.74, 6) is -0.831. The second kappa shape index (κ2) is 7.06. The summed E-state index contributed by atoms with van der Waals surface area (Å²) in [6, 6.07) is 16.3. The molecule has 1 fully saturated rings. The Balaban J connectivity index is 1.42. The Labute approximate surface area is 158 Å². The Morgan fingerprint density at radius 2 is 1.56 bits per heavy atom. The van der Waals surface area contributed by atoms with Crippen molar-refractivity contribution in [2.45, 2.75) is 31.6 Å². The predicted molar refractivity (Wildman–Crippen MR) is 102 cm³/mol. The first kappa shape index (κ1) is 17.6. The number of alkyl carbamates (subject to hydrolysis) is 1. The van der Waals surface area contributed by atoms with Crippen molar-refractivity contribution in [2.24, 2.45) is 5.41 Å². The third-order valence-electron chi connectivity index (χ3n) is 5.93. The number of hydrogen-bond donors (Lipinski definition) is 2. The van der Waals surface area contributed by atoms with Crippen LogP contribution in [-0.2, 0) is 9.53 Å². The molecule has 5 nitrogen and oxygen atoms in total. The minimum Gasteiger partial charge on any atom is -0.481 e. The molecule has 0 aliphatic heterocycles. The summed E-state index contributed by atoms with van der Waals surface area (Å²) in [5, 5.41) is 12.2. The number of aliphatic carboxylic acids is 1. The van der Waals surface area contributed by atoms with Crippen LogP contribution >= 0.6 is 0 Å². The number of ether oxygens (including phenoxy) is 1. The molecule has 0 bridgehead atoms. The van der Waals surface area contributed by atoms with Crippen molar-refractivity contribution in [3.63, 3.8) is 0 Å². The summed E-state index contributed by atoms with van der Waals surface area (Å²) in [6.45, 7) is 0.360. The van der Waals surface area contributed by atoms with E-state index in [4.69, 9.17) is 4.74 Å². The number of carboxylic acids is 1. The van der Waals surface area contributed by atoms with Crippen LogP contribution in [0.3, 0.4) is 0 Å². The van der Waals surface area contributed by atoms with Gasteiger partial charge in [0.25, 0.3) is 0 Å². The molecule has 0 atom stereocenters. The number of carboxylic acid groups (broad SMARTS) is 1. The molecule has 0 radical (unpaired) electrons. The van der Waals surface area contributed by atoms with Crippen LogP contribution in [0.15, 0.2) is 48.5 Å². The molecule has 0 saturated heterocycles. The fourth-order valence-corrected chi connectivity index (χ4v) is 4.41. The van der Waals surface area contributed by atoms with E-state index in [2.05, 4.69) is 29.6 Å². The first-order valence-corrected chi connectivity index (χ1v) is 9.43. The summed E-state index contributed by atoms with van der Waals surface area (Å²) < 4.78 is 5.48. The quantitative estimate of drug-likeness (QED) is 0.834. The number of nitrogens with one attached hydrogen (secondary N) is 1. The van der Waals surface area contributed by atoms with Crippen molar-refractivity contribution < 1.29 is 19.4 Å². The maximum Gasteiger partial charge on any atom is 0.407 e. The number of carbonyl (C=O) groups excluding carboxylic acids is 1. The highest BCUT2D eigenvalue weighted by atomic mass is 16.5. The highest BCUT2D eigenvalue weighted by Crippen LogP contribution is 2.44. The summed E-state index contributed by atoms with van der Waals surface area (Å²) in [7, 11) is 0. The maximum atomic E-state index is 12.2. The molecule has 2 N–H and O–H groups in total. The number of carbonyl (C=O) groups is 2. The second-order valence-electron chi connectivity index (χ2n) is 7.47. The van der Waals surface area contributed by atoms with E-state index < -0.39 is 17.5 Å². The Hall–Kier alpha value is -2.82. The Morgan fingerprint density at radius 1 is 1.00 bits per heavy atom. The Morgan fingerprint density at radius 3 is 2.11 bits per heavy atom. The van der Waals surface area contributed by atoms with Crippen LogP contribution in [0.25, 0.3) is 11.1 Å². The molecule has 0 heterocycles. The van der Waals surface area contributed by atoms with E-state index in [0.717, 1.165) is 24.0 Å². The average Bonchev–Trinajstić information content (AvgIpc) is 3.29. The molecule has 2 aromatic rings. The largest absolute Gasteiger partial charge is 0.481 e. The Kier molecular flexibility index (Phi) is 4.60. The number of fused-ring (bicyclic) bond motifs is 3. The topological polar surface area (TPSA) is 75.6 Å². The molecule has 0 spiro atoms. The first-order valence-electron chi connectivity index (χ1n) is 9.43. The highest BCUT2D eigenvalue weighted by molar-refractivity contribution is 5.79. The lowest BCUT2D eigenvalue weighted by Crippen LogP contribution is -2.41. The first-order chi connectivity index (χ1) is 13.1. The summed E-state index contributed by atoms with van der Waals surface area (Å²) in [5.41, 5.74) is 3.83. The van der Waals surface area contributed by atoms with Crippen LogP contribution in [0.4, 0.5) is 4.79 Å². The van der Waals surface area contributed by atoms with Crippen LogP contribution < -0.4 is 5.32 Å². The van der Waals surface area contributed by atoms with Gasteiger partial charge in [-0.2, -0.15) is 0 Å². The molecular formula is C22H23NO4. The zero-order chi connectivity index (χ0) is 18.9. The molecule has 0 unspecified atom stereocenters. The molecule has 27 heavy (non-hydrogen) atoms. The van der Waals surface area contributed by atoms with E-state index in [1.165, 1.54) is 11.1 Å². The number of amides is 1. The lowest BCUT2D eigenvalue weighted by Gasteiger charge is -2.24. The van der Waals surface area contributed by atoms with Crippen LogP contribution in [0, 0.1) is 5.41 Å². The highest BCUT2D eigenvalue weighted by Gasteiger charge is 2.41. The predicted octanol–water partition coefficient (Wildman–Crippen LogP) is 4.17. The van der Waals surface area contributed by atoms with Crippen LogP contribution in [-0.4, -0.2) is 30.3 Å². The van der Waals surface area contributed by atoms with Gasteiger partial charge in [0.2, 0.25) is 0 Å². The smallest absolute Gasteiger partial charge is 0.407 e. The van der Waals surface area contributed by atoms with Crippen molar-refractivity contribution in [3.8, 4) is 11.1 Å². The van der Waals surface area contributed by atoms with Gasteiger partial charge >= 0.3 is 12.1 Å². The lowest BCUT2D eigenvalue weighted by molar-refractivity contribution is -0.148. The average molecular weight is 365 g/mol. The lowest BCUT2D eigenvalue weighted by atomic mass is 9.86. The van der Waals surface area contributed by atoms with Gasteiger partial charge in [-0.3, -0.25) is 4.79 Å². The van der Waals surface area contributed by atoms with E-state index >= 15 is 0 Å². The van der Waals surface area contributed by atoms with Gasteiger partial charge in [0.15, 0.2) is 0 Å². The third kappa shape index (κ3) is 3.18. The van der Waals surface area contributed by atoms with Crippen LogP contribution in [0.1, 0.15) is 42.7 Å². The van der Waals surface area contributed by atoms with Crippen molar-refractivity contribution in [3.05, 3.63) is 59.7 Å². The number of benzene rings is 2. The summed E-state index contributed by atoms with van der Waals surface area (Å²) >= 11 is 0. The molecule has 140 valence electrons. The van der Waals surface area contributed by atoms with Crippen LogP contribution in [0.2, 0.25) is 0 Å². The van der Waals surface area contributed by atoms with Gasteiger partial charge in [0, 0.05) is 12.5 Å². The third-order valence-corrected chi connectivity index (χ3v) is 5.93. The Bertz CT molecular complexity index is 825. The number of rotatable bonds is 5. The molecule has 5 heteroatoms. The fraction of sp³-hybridized carbons (Fsp3) is 0.364. The van der Waals surface area contributed by atoms with Crippen molar-refractivity contribution in [1.29, 1.82) is 0 Å². The van der Waals surface area contributed by atoms with Gasteiger partial charge in [-0.1, -0.05) is 61.4 Å². The molecule has 1 amide bonds. The molecule has 1 saturated carbocycles. The van der Waals surface area contributed by atoms with Crippen molar-refractivity contribution in [1.82, 2.24) is 5.32 Å². The zero-order valence-corrected chi connectivity index (χ0v) is 15.1. The molecule has 2 aromatic carbocycles. The van der Waals surface area contributed by atoms with E-state index in [9.17, 15) is 14.7 Å². The van der Waals surface area contributed by atoms with E-state index in [1.807, 2.05) is 24.3 Å². The van der Waals surface area contributed by atoms with Crippen molar-refractivity contribution >= 4 is 12.1 Å². The van der Waals surface area contributed by atoms with Crippen molar-refractivity contribution in [2.75, 3.05) is 13.2 Å². The second-order valence-corrected chi connectivity index (χ2v) is 7.47. The monoisotopic (exact) mass is 365 g/mol. The molecule has 4 rings (SSSR count). The van der Waals surface area contributed by atoms with E-state index in [-0.39, 0.29) is 19.1 Å². The van der Waals surface area contributed by atoms with Gasteiger partial charge < -0.3 is 15.2 Å². The minimum absolute atomic E-state index is 0.00284. The molecule has 2 aliphatic rings. The SMILES string of the molecule is O=C(NCC1(C(=O)O)CCCC1)OCC1c2ccccc2-c2ccccc21.